The van der Waals surface area contributed by atoms with Crippen LogP contribution in [-0.4, -0.2) is 29.6 Å². The predicted octanol–water partition coefficient (Wildman–Crippen LogP) is 4.41. The molecule has 0 aliphatic rings. The van der Waals surface area contributed by atoms with E-state index in [1.807, 2.05) is 13.0 Å². The van der Waals surface area contributed by atoms with E-state index in [1.54, 1.807) is 42.5 Å². The van der Waals surface area contributed by atoms with Gasteiger partial charge in [-0.3, -0.25) is 14.9 Å². The lowest BCUT2D eigenvalue weighted by molar-refractivity contribution is -0.385. The van der Waals surface area contributed by atoms with Crippen molar-refractivity contribution in [1.29, 1.82) is 0 Å². The molecule has 0 spiro atoms. The first-order valence-electron chi connectivity index (χ1n) is 9.60. The number of nitro benzene ring substituents is 1. The number of carbonyl (C=O) groups is 2. The number of halogens is 1. The van der Waals surface area contributed by atoms with Crippen LogP contribution in [0.15, 0.2) is 76.3 Å². The summed E-state index contributed by atoms with van der Waals surface area (Å²) in [6, 6.07) is 17.7. The Morgan fingerprint density at radius 3 is 2.64 bits per heavy atom. The number of rotatable bonds is 8. The van der Waals surface area contributed by atoms with E-state index in [2.05, 4.69) is 26.5 Å². The van der Waals surface area contributed by atoms with E-state index >= 15 is 0 Å². The Morgan fingerprint density at radius 1 is 1.09 bits per heavy atom. The van der Waals surface area contributed by atoms with E-state index in [0.717, 1.165) is 5.56 Å². The maximum atomic E-state index is 12.5. The highest BCUT2D eigenvalue weighted by Crippen LogP contribution is 2.25. The molecule has 0 saturated carbocycles. The molecule has 1 N–H and O–H groups in total. The Morgan fingerprint density at radius 2 is 1.88 bits per heavy atom. The second-order valence-electron chi connectivity index (χ2n) is 6.75. The van der Waals surface area contributed by atoms with Crippen LogP contribution in [0.4, 0.5) is 5.69 Å². The van der Waals surface area contributed by atoms with E-state index in [1.165, 1.54) is 24.4 Å². The molecule has 0 radical (unpaired) electrons. The monoisotopic (exact) mass is 511 g/mol. The molecule has 3 aromatic rings. The number of aryl methyl sites for hydroxylation is 1. The molecule has 168 valence electrons. The second kappa shape index (κ2) is 11.0. The van der Waals surface area contributed by atoms with Crippen molar-refractivity contribution in [3.8, 4) is 11.5 Å². The van der Waals surface area contributed by atoms with Gasteiger partial charge in [-0.05, 0) is 43.3 Å². The predicted molar refractivity (Wildman–Crippen MR) is 125 cm³/mol. The van der Waals surface area contributed by atoms with Crippen LogP contribution in [0.3, 0.4) is 0 Å². The fourth-order valence-electron chi connectivity index (χ4n) is 2.72. The van der Waals surface area contributed by atoms with E-state index in [9.17, 15) is 19.7 Å². The van der Waals surface area contributed by atoms with Crippen molar-refractivity contribution in [2.24, 2.45) is 5.10 Å². The third-order valence-corrected chi connectivity index (χ3v) is 4.74. The topological polar surface area (TPSA) is 120 Å². The van der Waals surface area contributed by atoms with Gasteiger partial charge in [-0.1, -0.05) is 45.8 Å². The fraction of sp³-hybridized carbons (Fsp3) is 0.0870. The molecule has 0 unspecified atom stereocenters. The fourth-order valence-corrected chi connectivity index (χ4v) is 3.10. The van der Waals surface area contributed by atoms with Crippen molar-refractivity contribution in [2.75, 3.05) is 6.61 Å². The van der Waals surface area contributed by atoms with Crippen molar-refractivity contribution in [1.82, 2.24) is 5.43 Å². The summed E-state index contributed by atoms with van der Waals surface area (Å²) >= 11 is 3.34. The molecule has 0 fully saturated rings. The van der Waals surface area contributed by atoms with Crippen molar-refractivity contribution >= 4 is 39.7 Å². The summed E-state index contributed by atoms with van der Waals surface area (Å²) in [5.74, 6) is -0.937. The standard InChI is InChI=1S/C23H18BrN3O6/c1-15-5-4-6-16(11-15)23(29)33-20-10-9-18(24)12-17(20)13-25-26-22(28)14-32-21-8-3-2-7-19(21)27(30)31/h2-13H,14H2,1H3,(H,26,28)/b25-13-. The van der Waals surface area contributed by atoms with Crippen molar-refractivity contribution < 1.29 is 24.0 Å². The summed E-state index contributed by atoms with van der Waals surface area (Å²) in [5.41, 5.74) is 3.79. The zero-order chi connectivity index (χ0) is 23.8. The molecule has 0 heterocycles. The molecule has 1 amide bonds. The Kier molecular flexibility index (Phi) is 7.87. The van der Waals surface area contributed by atoms with Crippen LogP contribution in [0.5, 0.6) is 11.5 Å². The van der Waals surface area contributed by atoms with Crippen LogP contribution in [0.1, 0.15) is 21.5 Å². The quantitative estimate of drug-likeness (QED) is 0.157. The number of carbonyl (C=O) groups excluding carboxylic acids is 2. The van der Waals surface area contributed by atoms with Gasteiger partial charge in [0, 0.05) is 16.1 Å². The number of benzene rings is 3. The highest BCUT2D eigenvalue weighted by molar-refractivity contribution is 9.10. The smallest absolute Gasteiger partial charge is 0.343 e. The molecule has 3 rings (SSSR count). The van der Waals surface area contributed by atoms with Crippen LogP contribution in [0.25, 0.3) is 0 Å². The lowest BCUT2D eigenvalue weighted by Crippen LogP contribution is -2.24. The molecule has 3 aromatic carbocycles. The Labute approximate surface area is 197 Å². The van der Waals surface area contributed by atoms with Crippen LogP contribution >= 0.6 is 15.9 Å². The van der Waals surface area contributed by atoms with Gasteiger partial charge in [0.1, 0.15) is 5.75 Å². The minimum absolute atomic E-state index is 0.0287. The summed E-state index contributed by atoms with van der Waals surface area (Å²) in [7, 11) is 0. The number of ether oxygens (including phenoxy) is 2. The maximum Gasteiger partial charge on any atom is 0.343 e. The van der Waals surface area contributed by atoms with Crippen molar-refractivity contribution in [3.63, 3.8) is 0 Å². The molecule has 0 atom stereocenters. The number of nitrogens with one attached hydrogen (secondary N) is 1. The summed E-state index contributed by atoms with van der Waals surface area (Å²) in [4.78, 5) is 34.9. The van der Waals surface area contributed by atoms with Gasteiger partial charge in [-0.2, -0.15) is 5.10 Å². The van der Waals surface area contributed by atoms with Gasteiger partial charge in [0.2, 0.25) is 0 Å². The van der Waals surface area contributed by atoms with E-state index in [0.29, 0.717) is 15.6 Å². The minimum atomic E-state index is -0.627. The Hall–Kier alpha value is -4.05. The first-order chi connectivity index (χ1) is 15.8. The van der Waals surface area contributed by atoms with Crippen LogP contribution in [-0.2, 0) is 4.79 Å². The number of esters is 1. The third-order valence-electron chi connectivity index (χ3n) is 4.24. The van der Waals surface area contributed by atoms with Gasteiger partial charge >= 0.3 is 11.7 Å². The number of hydrazone groups is 1. The maximum absolute atomic E-state index is 12.5. The van der Waals surface area contributed by atoms with Crippen LogP contribution < -0.4 is 14.9 Å². The number of amides is 1. The van der Waals surface area contributed by atoms with Crippen molar-refractivity contribution in [3.05, 3.63) is 98.0 Å². The molecule has 10 heteroatoms. The average molecular weight is 512 g/mol. The van der Waals surface area contributed by atoms with Gasteiger partial charge in [0.25, 0.3) is 5.91 Å². The Balaban J connectivity index is 1.64. The summed E-state index contributed by atoms with van der Waals surface area (Å²) in [5, 5.41) is 14.9. The molecule has 0 bridgehead atoms. The van der Waals surface area contributed by atoms with Crippen LogP contribution in [0, 0.1) is 17.0 Å². The van der Waals surface area contributed by atoms with Gasteiger partial charge in [-0.15, -0.1) is 0 Å². The van der Waals surface area contributed by atoms with Crippen molar-refractivity contribution in [2.45, 2.75) is 6.92 Å². The molecule has 0 aliphatic carbocycles. The highest BCUT2D eigenvalue weighted by Gasteiger charge is 2.15. The van der Waals surface area contributed by atoms with E-state index in [-0.39, 0.29) is 17.2 Å². The zero-order valence-electron chi connectivity index (χ0n) is 17.4. The number of hydrogen-bond acceptors (Lipinski definition) is 7. The normalized spacial score (nSPS) is 10.6. The zero-order valence-corrected chi connectivity index (χ0v) is 18.9. The lowest BCUT2D eigenvalue weighted by Gasteiger charge is -2.09. The second-order valence-corrected chi connectivity index (χ2v) is 7.66. The average Bonchev–Trinajstić information content (AvgIpc) is 2.79. The molecule has 33 heavy (non-hydrogen) atoms. The molecular formula is C23H18BrN3O6. The van der Waals surface area contributed by atoms with E-state index < -0.39 is 23.4 Å². The SMILES string of the molecule is Cc1cccc(C(=O)Oc2ccc(Br)cc2/C=N\NC(=O)COc2ccccc2[N+](=O)[O-])c1. The number of nitrogens with zero attached hydrogens (tertiary/aromatic N) is 2. The van der Waals surface area contributed by atoms with Gasteiger partial charge in [-0.25, -0.2) is 10.2 Å². The first kappa shape index (κ1) is 23.6. The summed E-state index contributed by atoms with van der Waals surface area (Å²) in [6.45, 7) is 1.40. The summed E-state index contributed by atoms with van der Waals surface area (Å²) < 4.78 is 11.4. The van der Waals surface area contributed by atoms with Gasteiger partial charge < -0.3 is 9.47 Å². The molecular weight excluding hydrogens is 494 g/mol. The minimum Gasteiger partial charge on any atom is -0.477 e. The molecule has 0 aromatic heterocycles. The third kappa shape index (κ3) is 6.71. The molecule has 0 saturated heterocycles. The molecule has 9 nitrogen and oxygen atoms in total. The van der Waals surface area contributed by atoms with Gasteiger partial charge in [0.15, 0.2) is 12.4 Å². The number of nitro groups is 1. The lowest BCUT2D eigenvalue weighted by atomic mass is 10.1. The largest absolute Gasteiger partial charge is 0.477 e. The highest BCUT2D eigenvalue weighted by atomic mass is 79.9. The first-order valence-corrected chi connectivity index (χ1v) is 10.4. The summed E-state index contributed by atoms with van der Waals surface area (Å²) in [6.07, 6.45) is 1.31. The number of hydrogen-bond donors (Lipinski definition) is 1. The van der Waals surface area contributed by atoms with E-state index in [4.69, 9.17) is 9.47 Å². The van der Waals surface area contributed by atoms with Gasteiger partial charge in [0.05, 0.1) is 16.7 Å². The van der Waals surface area contributed by atoms with Crippen LogP contribution in [0.2, 0.25) is 0 Å². The molecule has 0 aliphatic heterocycles. The Bertz CT molecular complexity index is 1230. The number of para-hydroxylation sites is 2.